The molecular weight excluding hydrogens is 264 g/mol. The maximum atomic E-state index is 12.2. The lowest BCUT2D eigenvalue weighted by Crippen LogP contribution is -2.26. The van der Waals surface area contributed by atoms with Crippen molar-refractivity contribution in [2.75, 3.05) is 19.4 Å². The fourth-order valence-corrected chi connectivity index (χ4v) is 2.21. The van der Waals surface area contributed by atoms with Gasteiger partial charge < -0.3 is 15.8 Å². The van der Waals surface area contributed by atoms with Crippen LogP contribution in [0.25, 0.3) is 0 Å². The predicted octanol–water partition coefficient (Wildman–Crippen LogP) is 2.56. The molecule has 0 spiro atoms. The molecule has 0 atom stereocenters. The molecule has 2 aromatic carbocycles. The van der Waals surface area contributed by atoms with Gasteiger partial charge in [0.2, 0.25) is 0 Å². The summed E-state index contributed by atoms with van der Waals surface area (Å²) >= 11 is 0. The molecule has 0 aliphatic heterocycles. The number of rotatable bonds is 5. The summed E-state index contributed by atoms with van der Waals surface area (Å²) in [5.74, 6) is 0.738. The minimum Gasteiger partial charge on any atom is -0.496 e. The van der Waals surface area contributed by atoms with Gasteiger partial charge in [-0.1, -0.05) is 24.3 Å². The predicted molar refractivity (Wildman–Crippen MR) is 84.6 cm³/mol. The van der Waals surface area contributed by atoms with E-state index in [4.69, 9.17) is 10.5 Å². The fourth-order valence-electron chi connectivity index (χ4n) is 2.21. The van der Waals surface area contributed by atoms with Gasteiger partial charge in [-0.3, -0.25) is 4.79 Å². The molecule has 2 rings (SSSR count). The van der Waals surface area contributed by atoms with Crippen LogP contribution in [0.5, 0.6) is 5.75 Å². The molecule has 0 aliphatic rings. The molecule has 1 amide bonds. The van der Waals surface area contributed by atoms with Crippen molar-refractivity contribution in [2.45, 2.75) is 13.3 Å². The monoisotopic (exact) mass is 284 g/mol. The Morgan fingerprint density at radius 3 is 2.71 bits per heavy atom. The SMILES string of the molecule is COc1ccccc1CCNC(=O)c1cccc(N)c1C. The Morgan fingerprint density at radius 1 is 1.19 bits per heavy atom. The van der Waals surface area contributed by atoms with Crippen molar-refractivity contribution >= 4 is 11.6 Å². The highest BCUT2D eigenvalue weighted by molar-refractivity contribution is 5.96. The number of nitrogen functional groups attached to an aromatic ring is 1. The van der Waals surface area contributed by atoms with Crippen LogP contribution >= 0.6 is 0 Å². The number of methoxy groups -OCH3 is 1. The summed E-state index contributed by atoms with van der Waals surface area (Å²) in [7, 11) is 1.65. The zero-order valence-electron chi connectivity index (χ0n) is 12.3. The molecule has 4 nitrogen and oxygen atoms in total. The number of benzene rings is 2. The van der Waals surface area contributed by atoms with E-state index >= 15 is 0 Å². The highest BCUT2D eigenvalue weighted by Crippen LogP contribution is 2.18. The van der Waals surface area contributed by atoms with Gasteiger partial charge in [-0.05, 0) is 42.7 Å². The summed E-state index contributed by atoms with van der Waals surface area (Å²) < 4.78 is 5.29. The zero-order valence-corrected chi connectivity index (χ0v) is 12.3. The first-order valence-corrected chi connectivity index (χ1v) is 6.88. The Balaban J connectivity index is 1.97. The Kier molecular flexibility index (Phi) is 4.82. The van der Waals surface area contributed by atoms with E-state index in [9.17, 15) is 4.79 Å². The summed E-state index contributed by atoms with van der Waals surface area (Å²) in [5, 5.41) is 2.92. The molecule has 0 heterocycles. The van der Waals surface area contributed by atoms with E-state index in [1.807, 2.05) is 31.2 Å². The summed E-state index contributed by atoms with van der Waals surface area (Å²) in [5.41, 5.74) is 8.96. The number of hydrogen-bond donors (Lipinski definition) is 2. The van der Waals surface area contributed by atoms with Crippen LogP contribution in [0.2, 0.25) is 0 Å². The number of hydrogen-bond acceptors (Lipinski definition) is 3. The van der Waals surface area contributed by atoms with E-state index in [-0.39, 0.29) is 5.91 Å². The van der Waals surface area contributed by atoms with Gasteiger partial charge >= 0.3 is 0 Å². The molecule has 3 N–H and O–H groups in total. The molecular formula is C17H20N2O2. The molecule has 0 saturated heterocycles. The van der Waals surface area contributed by atoms with E-state index in [2.05, 4.69) is 5.32 Å². The average molecular weight is 284 g/mol. The Labute approximate surface area is 124 Å². The molecule has 0 aliphatic carbocycles. The normalized spacial score (nSPS) is 10.2. The van der Waals surface area contributed by atoms with Crippen molar-refractivity contribution in [3.8, 4) is 5.75 Å². The van der Waals surface area contributed by atoms with Crippen molar-refractivity contribution < 1.29 is 9.53 Å². The van der Waals surface area contributed by atoms with Crippen molar-refractivity contribution in [1.29, 1.82) is 0 Å². The first kappa shape index (κ1) is 14.9. The van der Waals surface area contributed by atoms with E-state index in [1.54, 1.807) is 25.3 Å². The summed E-state index contributed by atoms with van der Waals surface area (Å²) in [6.45, 7) is 2.40. The number of carbonyl (C=O) groups excluding carboxylic acids is 1. The van der Waals surface area contributed by atoms with Crippen LogP contribution in [-0.2, 0) is 6.42 Å². The Hall–Kier alpha value is -2.49. The number of amides is 1. The first-order valence-electron chi connectivity index (χ1n) is 6.88. The molecule has 0 fully saturated rings. The highest BCUT2D eigenvalue weighted by atomic mass is 16.5. The lowest BCUT2D eigenvalue weighted by atomic mass is 10.1. The summed E-state index contributed by atoms with van der Waals surface area (Å²) in [6, 6.07) is 13.2. The van der Waals surface area contributed by atoms with Crippen LogP contribution in [0.1, 0.15) is 21.5 Å². The Bertz CT molecular complexity index is 638. The minimum atomic E-state index is -0.102. The summed E-state index contributed by atoms with van der Waals surface area (Å²) in [6.07, 6.45) is 0.719. The second kappa shape index (κ2) is 6.79. The maximum Gasteiger partial charge on any atom is 0.251 e. The average Bonchev–Trinajstić information content (AvgIpc) is 2.50. The lowest BCUT2D eigenvalue weighted by Gasteiger charge is -2.11. The smallest absolute Gasteiger partial charge is 0.251 e. The third-order valence-electron chi connectivity index (χ3n) is 3.49. The molecule has 110 valence electrons. The van der Waals surface area contributed by atoms with Crippen LogP contribution in [0.15, 0.2) is 42.5 Å². The number of nitrogens with two attached hydrogens (primary N) is 1. The molecule has 4 heteroatoms. The number of para-hydroxylation sites is 1. The van der Waals surface area contributed by atoms with Crippen LogP contribution < -0.4 is 15.8 Å². The molecule has 0 unspecified atom stereocenters. The van der Waals surface area contributed by atoms with Crippen LogP contribution in [0.4, 0.5) is 5.69 Å². The van der Waals surface area contributed by atoms with Gasteiger partial charge in [0.15, 0.2) is 0 Å². The van der Waals surface area contributed by atoms with Crippen molar-refractivity contribution in [2.24, 2.45) is 0 Å². The minimum absolute atomic E-state index is 0.102. The molecule has 0 radical (unpaired) electrons. The lowest BCUT2D eigenvalue weighted by molar-refractivity contribution is 0.0953. The zero-order chi connectivity index (χ0) is 15.2. The summed E-state index contributed by atoms with van der Waals surface area (Å²) in [4.78, 5) is 12.2. The van der Waals surface area contributed by atoms with Crippen molar-refractivity contribution in [3.05, 3.63) is 59.2 Å². The van der Waals surface area contributed by atoms with Gasteiger partial charge in [0.05, 0.1) is 7.11 Å². The number of carbonyl (C=O) groups is 1. The Morgan fingerprint density at radius 2 is 1.95 bits per heavy atom. The van der Waals surface area contributed by atoms with E-state index < -0.39 is 0 Å². The van der Waals surface area contributed by atoms with E-state index in [0.29, 0.717) is 17.8 Å². The second-order valence-corrected chi connectivity index (χ2v) is 4.84. The van der Waals surface area contributed by atoms with Crippen LogP contribution in [0.3, 0.4) is 0 Å². The third kappa shape index (κ3) is 3.54. The highest BCUT2D eigenvalue weighted by Gasteiger charge is 2.10. The van der Waals surface area contributed by atoms with Crippen LogP contribution in [-0.4, -0.2) is 19.6 Å². The van der Waals surface area contributed by atoms with Gasteiger partial charge in [0.25, 0.3) is 5.91 Å². The number of anilines is 1. The maximum absolute atomic E-state index is 12.2. The molecule has 2 aromatic rings. The van der Waals surface area contributed by atoms with Gasteiger partial charge in [0.1, 0.15) is 5.75 Å². The topological polar surface area (TPSA) is 64.3 Å². The van der Waals surface area contributed by atoms with E-state index in [0.717, 1.165) is 23.3 Å². The molecule has 21 heavy (non-hydrogen) atoms. The largest absolute Gasteiger partial charge is 0.496 e. The van der Waals surface area contributed by atoms with Crippen LogP contribution in [0, 0.1) is 6.92 Å². The quantitative estimate of drug-likeness (QED) is 0.829. The molecule has 0 saturated carbocycles. The second-order valence-electron chi connectivity index (χ2n) is 4.84. The van der Waals surface area contributed by atoms with Crippen molar-refractivity contribution in [1.82, 2.24) is 5.32 Å². The number of nitrogens with one attached hydrogen (secondary N) is 1. The van der Waals surface area contributed by atoms with E-state index in [1.165, 1.54) is 0 Å². The van der Waals surface area contributed by atoms with Gasteiger partial charge in [0, 0.05) is 17.8 Å². The standard InChI is InChI=1S/C17H20N2O2/c1-12-14(7-5-8-15(12)18)17(20)19-11-10-13-6-3-4-9-16(13)21-2/h3-9H,10-11,18H2,1-2H3,(H,19,20). The van der Waals surface area contributed by atoms with Crippen molar-refractivity contribution in [3.63, 3.8) is 0 Å². The molecule has 0 bridgehead atoms. The van der Waals surface area contributed by atoms with Gasteiger partial charge in [-0.15, -0.1) is 0 Å². The molecule has 0 aromatic heterocycles. The van der Waals surface area contributed by atoms with Gasteiger partial charge in [-0.25, -0.2) is 0 Å². The first-order chi connectivity index (χ1) is 10.1. The fraction of sp³-hybridized carbons (Fsp3) is 0.235. The number of ether oxygens (including phenoxy) is 1. The third-order valence-corrected chi connectivity index (χ3v) is 3.49. The van der Waals surface area contributed by atoms with Gasteiger partial charge in [-0.2, -0.15) is 0 Å².